The van der Waals surface area contributed by atoms with E-state index < -0.39 is 0 Å². The van der Waals surface area contributed by atoms with Crippen LogP contribution in [0, 0.1) is 11.3 Å². The fourth-order valence-electron chi connectivity index (χ4n) is 2.97. The largest absolute Gasteiger partial charge is 0.493 e. The first-order chi connectivity index (χ1) is 10.8. The molecule has 5 nitrogen and oxygen atoms in total. The lowest BCUT2D eigenvalue weighted by atomic mass is 10.1. The molecule has 1 aliphatic rings. The topological polar surface area (TPSA) is 65.7 Å². The number of methoxy groups -OCH3 is 1. The molecule has 0 aliphatic carbocycles. The number of aliphatic hydroxyl groups excluding tert-OH is 1. The zero-order chi connectivity index (χ0) is 15.8. The van der Waals surface area contributed by atoms with Crippen LogP contribution in [-0.4, -0.2) is 49.5 Å². The van der Waals surface area contributed by atoms with Gasteiger partial charge in [0.25, 0.3) is 0 Å². The molecule has 0 saturated carbocycles. The molecule has 0 spiro atoms. The van der Waals surface area contributed by atoms with Crippen molar-refractivity contribution >= 4 is 0 Å². The fourth-order valence-corrected chi connectivity index (χ4v) is 2.97. The third kappa shape index (κ3) is 4.36. The van der Waals surface area contributed by atoms with Crippen LogP contribution in [0.3, 0.4) is 0 Å². The first-order valence-corrected chi connectivity index (χ1v) is 7.84. The average Bonchev–Trinajstić information content (AvgIpc) is 3.00. The average molecular weight is 304 g/mol. The minimum absolute atomic E-state index is 0.267. The summed E-state index contributed by atoms with van der Waals surface area (Å²) < 4.78 is 11.1. The minimum atomic E-state index is 0.267. The lowest BCUT2D eigenvalue weighted by molar-refractivity contribution is 0.178. The molecule has 0 radical (unpaired) electrons. The number of aliphatic hydroxyl groups is 1. The van der Waals surface area contributed by atoms with Gasteiger partial charge < -0.3 is 14.6 Å². The summed E-state index contributed by atoms with van der Waals surface area (Å²) in [6, 6.07) is 7.87. The quantitative estimate of drug-likeness (QED) is 0.797. The van der Waals surface area contributed by atoms with E-state index >= 15 is 0 Å². The molecule has 120 valence electrons. The van der Waals surface area contributed by atoms with E-state index in [4.69, 9.17) is 19.8 Å². The van der Waals surface area contributed by atoms with Gasteiger partial charge in [0.05, 0.1) is 18.7 Å². The fraction of sp³-hybridized carbons (Fsp3) is 0.588. The second-order valence-corrected chi connectivity index (χ2v) is 5.52. The molecule has 1 unspecified atom stereocenters. The third-order valence-corrected chi connectivity index (χ3v) is 4.12. The van der Waals surface area contributed by atoms with E-state index in [-0.39, 0.29) is 6.61 Å². The molecule has 1 heterocycles. The molecule has 1 atom stereocenters. The number of rotatable bonds is 8. The van der Waals surface area contributed by atoms with Crippen LogP contribution in [0.25, 0.3) is 0 Å². The molecular weight excluding hydrogens is 280 g/mol. The van der Waals surface area contributed by atoms with Crippen LogP contribution >= 0.6 is 0 Å². The monoisotopic (exact) mass is 304 g/mol. The summed E-state index contributed by atoms with van der Waals surface area (Å²) >= 11 is 0. The molecule has 1 aromatic carbocycles. The Hall–Kier alpha value is -1.77. The van der Waals surface area contributed by atoms with Crippen LogP contribution in [0.1, 0.15) is 31.2 Å². The van der Waals surface area contributed by atoms with E-state index in [1.165, 1.54) is 12.8 Å². The van der Waals surface area contributed by atoms with Crippen LogP contribution in [0.15, 0.2) is 18.2 Å². The lowest BCUT2D eigenvalue weighted by Crippen LogP contribution is -2.33. The number of ether oxygens (including phenoxy) is 2. The smallest absolute Gasteiger partial charge is 0.162 e. The summed E-state index contributed by atoms with van der Waals surface area (Å²) in [5, 5.41) is 17.9. The standard InChI is InChI=1S/C17H24N2O3/c1-21-17-12-14(13-18)6-7-16(17)22-11-9-19-8-2-4-15(19)5-3-10-20/h6-7,12,15,20H,2-5,8-11H2,1H3. The number of hydrogen-bond donors (Lipinski definition) is 1. The highest BCUT2D eigenvalue weighted by atomic mass is 16.5. The highest BCUT2D eigenvalue weighted by Gasteiger charge is 2.23. The summed E-state index contributed by atoms with van der Waals surface area (Å²) in [7, 11) is 1.58. The number of likely N-dealkylation sites (tertiary alicyclic amines) is 1. The van der Waals surface area contributed by atoms with E-state index in [0.29, 0.717) is 29.7 Å². The zero-order valence-electron chi connectivity index (χ0n) is 13.1. The number of nitrogens with zero attached hydrogens (tertiary/aromatic N) is 2. The molecule has 1 saturated heterocycles. The van der Waals surface area contributed by atoms with Crippen molar-refractivity contribution in [2.45, 2.75) is 31.7 Å². The number of hydrogen-bond acceptors (Lipinski definition) is 5. The second-order valence-electron chi connectivity index (χ2n) is 5.52. The van der Waals surface area contributed by atoms with Gasteiger partial charge in [-0.2, -0.15) is 5.26 Å². The second kappa shape index (κ2) is 8.62. The van der Waals surface area contributed by atoms with E-state index in [9.17, 15) is 0 Å². The van der Waals surface area contributed by atoms with Gasteiger partial charge >= 0.3 is 0 Å². The van der Waals surface area contributed by atoms with E-state index in [1.54, 1.807) is 25.3 Å². The maximum absolute atomic E-state index is 8.96. The van der Waals surface area contributed by atoms with Gasteiger partial charge in [-0.25, -0.2) is 0 Å². The van der Waals surface area contributed by atoms with Gasteiger partial charge in [0.2, 0.25) is 0 Å². The molecular formula is C17H24N2O3. The molecule has 1 aromatic rings. The Morgan fingerprint density at radius 1 is 1.41 bits per heavy atom. The summed E-state index contributed by atoms with van der Waals surface area (Å²) in [4.78, 5) is 2.44. The molecule has 1 aliphatic heterocycles. The maximum Gasteiger partial charge on any atom is 0.162 e. The van der Waals surface area contributed by atoms with Gasteiger partial charge in [-0.3, -0.25) is 4.90 Å². The predicted molar refractivity (Wildman–Crippen MR) is 84.1 cm³/mol. The van der Waals surface area contributed by atoms with Crippen LogP contribution in [0.4, 0.5) is 0 Å². The van der Waals surface area contributed by atoms with Crippen molar-refractivity contribution in [3.8, 4) is 17.6 Å². The van der Waals surface area contributed by atoms with Crippen LogP contribution in [0.5, 0.6) is 11.5 Å². The van der Waals surface area contributed by atoms with Crippen molar-refractivity contribution < 1.29 is 14.6 Å². The molecule has 22 heavy (non-hydrogen) atoms. The third-order valence-electron chi connectivity index (χ3n) is 4.12. The Morgan fingerprint density at radius 2 is 2.27 bits per heavy atom. The molecule has 2 rings (SSSR count). The Balaban J connectivity index is 1.84. The van der Waals surface area contributed by atoms with Crippen molar-refractivity contribution in [1.82, 2.24) is 4.90 Å². The summed E-state index contributed by atoms with van der Waals surface area (Å²) in [5.74, 6) is 1.27. The van der Waals surface area contributed by atoms with E-state index in [2.05, 4.69) is 11.0 Å². The summed E-state index contributed by atoms with van der Waals surface area (Å²) in [6.07, 6.45) is 4.35. The number of benzene rings is 1. The van der Waals surface area contributed by atoms with Crippen molar-refractivity contribution in [1.29, 1.82) is 5.26 Å². The van der Waals surface area contributed by atoms with Crippen LogP contribution in [0.2, 0.25) is 0 Å². The maximum atomic E-state index is 8.96. The predicted octanol–water partition coefficient (Wildman–Crippen LogP) is 2.18. The highest BCUT2D eigenvalue weighted by molar-refractivity contribution is 5.46. The summed E-state index contributed by atoms with van der Waals surface area (Å²) in [6.45, 7) is 2.84. The van der Waals surface area contributed by atoms with Gasteiger partial charge in [-0.15, -0.1) is 0 Å². The number of nitriles is 1. The first kappa shape index (κ1) is 16.6. The molecule has 5 heteroatoms. The highest BCUT2D eigenvalue weighted by Crippen LogP contribution is 2.28. The molecule has 1 fully saturated rings. The van der Waals surface area contributed by atoms with Crippen molar-refractivity contribution in [2.75, 3.05) is 33.4 Å². The Kier molecular flexibility index (Phi) is 6.50. The molecule has 1 N–H and O–H groups in total. The van der Waals surface area contributed by atoms with Crippen molar-refractivity contribution in [2.24, 2.45) is 0 Å². The molecule has 0 bridgehead atoms. The van der Waals surface area contributed by atoms with Crippen molar-refractivity contribution in [3.05, 3.63) is 23.8 Å². The van der Waals surface area contributed by atoms with Gasteiger partial charge in [0.15, 0.2) is 11.5 Å². The van der Waals surface area contributed by atoms with Crippen LogP contribution < -0.4 is 9.47 Å². The van der Waals surface area contributed by atoms with Gasteiger partial charge in [0.1, 0.15) is 6.61 Å². The Morgan fingerprint density at radius 3 is 3.00 bits per heavy atom. The molecule has 0 aromatic heterocycles. The molecule has 0 amide bonds. The Labute approximate surface area is 132 Å². The van der Waals surface area contributed by atoms with Crippen molar-refractivity contribution in [3.63, 3.8) is 0 Å². The summed E-state index contributed by atoms with van der Waals surface area (Å²) in [5.41, 5.74) is 0.563. The minimum Gasteiger partial charge on any atom is -0.493 e. The lowest BCUT2D eigenvalue weighted by Gasteiger charge is -2.24. The van der Waals surface area contributed by atoms with E-state index in [0.717, 1.165) is 25.9 Å². The van der Waals surface area contributed by atoms with Gasteiger partial charge in [-0.1, -0.05) is 0 Å². The zero-order valence-corrected chi connectivity index (χ0v) is 13.1. The van der Waals surface area contributed by atoms with Crippen LogP contribution in [-0.2, 0) is 0 Å². The normalized spacial score (nSPS) is 18.1. The SMILES string of the molecule is COc1cc(C#N)ccc1OCCN1CCCC1CCCO. The van der Waals surface area contributed by atoms with Gasteiger partial charge in [-0.05, 0) is 44.4 Å². The first-order valence-electron chi connectivity index (χ1n) is 7.84. The Bertz CT molecular complexity index is 513. The van der Waals surface area contributed by atoms with Gasteiger partial charge in [0, 0.05) is 25.3 Å². The van der Waals surface area contributed by atoms with E-state index in [1.807, 2.05) is 0 Å².